The lowest BCUT2D eigenvalue weighted by atomic mass is 9.93. The summed E-state index contributed by atoms with van der Waals surface area (Å²) in [4.78, 5) is 11.0. The van der Waals surface area contributed by atoms with E-state index in [0.29, 0.717) is 0 Å². The van der Waals surface area contributed by atoms with Gasteiger partial charge in [-0.05, 0) is 6.92 Å². The number of allylic oxidation sites excluding steroid dienone is 6. The van der Waals surface area contributed by atoms with Gasteiger partial charge >= 0.3 is 0 Å². The Morgan fingerprint density at radius 2 is 2.00 bits per heavy atom. The summed E-state index contributed by atoms with van der Waals surface area (Å²) in [6.07, 6.45) is 9.82. The van der Waals surface area contributed by atoms with Crippen LogP contribution in [0, 0.1) is 5.41 Å². The minimum Gasteiger partial charge on any atom is -0.295 e. The molecule has 0 aliphatic heterocycles. The highest BCUT2D eigenvalue weighted by Gasteiger charge is 2.11. The first-order valence-electron chi connectivity index (χ1n) is 4.11. The monoisotopic (exact) mass is 162 g/mol. The van der Waals surface area contributed by atoms with Gasteiger partial charge in [0.25, 0.3) is 0 Å². The van der Waals surface area contributed by atoms with E-state index in [1.807, 2.05) is 24.3 Å². The quantitative estimate of drug-likeness (QED) is 0.579. The SMILES string of the molecule is CC(=O)C1=CC=CC(C)(C)C=C1. The average molecular weight is 162 g/mol. The summed E-state index contributed by atoms with van der Waals surface area (Å²) in [5.41, 5.74) is 0.838. The molecule has 0 radical (unpaired) electrons. The second-order valence-electron chi connectivity index (χ2n) is 3.69. The highest BCUT2D eigenvalue weighted by atomic mass is 16.1. The lowest BCUT2D eigenvalue weighted by molar-refractivity contribution is -0.113. The highest BCUT2D eigenvalue weighted by molar-refractivity contribution is 5.96. The van der Waals surface area contributed by atoms with Crippen molar-refractivity contribution >= 4 is 5.78 Å². The second-order valence-corrected chi connectivity index (χ2v) is 3.69. The van der Waals surface area contributed by atoms with Crippen LogP contribution < -0.4 is 0 Å². The van der Waals surface area contributed by atoms with Crippen molar-refractivity contribution in [2.45, 2.75) is 20.8 Å². The molecule has 64 valence electrons. The molecule has 0 N–H and O–H groups in total. The van der Waals surface area contributed by atoms with Crippen LogP contribution in [0.5, 0.6) is 0 Å². The molecule has 1 rings (SSSR count). The molecule has 0 spiro atoms. The van der Waals surface area contributed by atoms with Gasteiger partial charge in [-0.15, -0.1) is 0 Å². The molecule has 0 saturated carbocycles. The highest BCUT2D eigenvalue weighted by Crippen LogP contribution is 2.22. The Labute approximate surface area is 73.5 Å². The Bertz CT molecular complexity index is 277. The fraction of sp³-hybridized carbons (Fsp3) is 0.364. The number of hydrogen-bond donors (Lipinski definition) is 0. The maximum atomic E-state index is 11.0. The van der Waals surface area contributed by atoms with E-state index in [2.05, 4.69) is 19.9 Å². The van der Waals surface area contributed by atoms with Crippen molar-refractivity contribution < 1.29 is 4.79 Å². The molecule has 0 saturated heterocycles. The van der Waals surface area contributed by atoms with E-state index in [0.717, 1.165) is 5.57 Å². The van der Waals surface area contributed by atoms with E-state index in [4.69, 9.17) is 0 Å². The van der Waals surface area contributed by atoms with Gasteiger partial charge in [0.15, 0.2) is 5.78 Å². The van der Waals surface area contributed by atoms with Gasteiger partial charge in [-0.25, -0.2) is 0 Å². The molecule has 1 aliphatic rings. The summed E-state index contributed by atoms with van der Waals surface area (Å²) < 4.78 is 0. The maximum Gasteiger partial charge on any atom is 0.159 e. The van der Waals surface area contributed by atoms with Crippen LogP contribution in [0.3, 0.4) is 0 Å². The minimum absolute atomic E-state index is 0.0632. The Morgan fingerprint density at radius 1 is 1.33 bits per heavy atom. The van der Waals surface area contributed by atoms with Crippen molar-refractivity contribution in [2.24, 2.45) is 5.41 Å². The van der Waals surface area contributed by atoms with E-state index in [1.54, 1.807) is 6.92 Å². The summed E-state index contributed by atoms with van der Waals surface area (Å²) in [5, 5.41) is 0. The molecule has 12 heavy (non-hydrogen) atoms. The first-order chi connectivity index (χ1) is 5.51. The number of ketones is 1. The normalized spacial score (nSPS) is 20.1. The Hall–Kier alpha value is -1.11. The van der Waals surface area contributed by atoms with Gasteiger partial charge in [0.05, 0.1) is 0 Å². The van der Waals surface area contributed by atoms with E-state index in [1.165, 1.54) is 0 Å². The van der Waals surface area contributed by atoms with E-state index < -0.39 is 0 Å². The first-order valence-corrected chi connectivity index (χ1v) is 4.11. The van der Waals surface area contributed by atoms with Gasteiger partial charge in [-0.3, -0.25) is 4.79 Å². The third-order valence-electron chi connectivity index (χ3n) is 1.90. The van der Waals surface area contributed by atoms with Crippen molar-refractivity contribution in [1.29, 1.82) is 0 Å². The lowest BCUT2D eigenvalue weighted by Crippen LogP contribution is -2.01. The van der Waals surface area contributed by atoms with Crippen LogP contribution in [0.15, 0.2) is 36.0 Å². The molecular formula is C11H14O. The summed E-state index contributed by atoms with van der Waals surface area (Å²) in [6, 6.07) is 0. The third-order valence-corrected chi connectivity index (χ3v) is 1.90. The molecule has 1 nitrogen and oxygen atoms in total. The lowest BCUT2D eigenvalue weighted by Gasteiger charge is -2.12. The fourth-order valence-corrected chi connectivity index (χ4v) is 1.05. The van der Waals surface area contributed by atoms with Crippen molar-refractivity contribution in [3.8, 4) is 0 Å². The molecule has 0 aromatic rings. The minimum atomic E-state index is 0.0632. The van der Waals surface area contributed by atoms with E-state index in [9.17, 15) is 4.79 Å². The largest absolute Gasteiger partial charge is 0.295 e. The number of Topliss-reactive ketones (excluding diaryl/α,β-unsaturated/α-hetero) is 1. The third kappa shape index (κ3) is 2.19. The van der Waals surface area contributed by atoms with Gasteiger partial charge < -0.3 is 0 Å². The topological polar surface area (TPSA) is 17.1 Å². The first kappa shape index (κ1) is 8.98. The number of carbonyl (C=O) groups is 1. The summed E-state index contributed by atoms with van der Waals surface area (Å²) in [7, 11) is 0. The zero-order chi connectivity index (χ0) is 9.19. The molecule has 0 fully saturated rings. The maximum absolute atomic E-state index is 11.0. The summed E-state index contributed by atoms with van der Waals surface area (Å²) in [6.45, 7) is 5.80. The molecule has 1 aliphatic carbocycles. The average Bonchev–Trinajstić information content (AvgIpc) is 2.10. The molecule has 0 amide bonds. The van der Waals surface area contributed by atoms with Gasteiger partial charge in [0, 0.05) is 11.0 Å². The van der Waals surface area contributed by atoms with Crippen LogP contribution in [-0.2, 0) is 4.79 Å². The van der Waals surface area contributed by atoms with E-state index >= 15 is 0 Å². The predicted molar refractivity (Wildman–Crippen MR) is 50.8 cm³/mol. The van der Waals surface area contributed by atoms with Gasteiger partial charge in [-0.2, -0.15) is 0 Å². The van der Waals surface area contributed by atoms with E-state index in [-0.39, 0.29) is 11.2 Å². The summed E-state index contributed by atoms with van der Waals surface area (Å²) >= 11 is 0. The molecule has 0 atom stereocenters. The molecule has 0 aromatic carbocycles. The zero-order valence-corrected chi connectivity index (χ0v) is 7.79. The van der Waals surface area contributed by atoms with Gasteiger partial charge in [0.1, 0.15) is 0 Å². The Kier molecular flexibility index (Phi) is 2.32. The number of rotatable bonds is 1. The standard InChI is InChI=1S/C11H14O/c1-9(12)10-5-4-7-11(2,3)8-6-10/h4-8H,1-3H3. The van der Waals surface area contributed by atoms with Crippen LogP contribution in [0.2, 0.25) is 0 Å². The number of carbonyl (C=O) groups excluding carboxylic acids is 1. The molecule has 0 aromatic heterocycles. The number of hydrogen-bond acceptors (Lipinski definition) is 1. The van der Waals surface area contributed by atoms with Crippen molar-refractivity contribution in [1.82, 2.24) is 0 Å². The predicted octanol–water partition coefficient (Wildman–Crippen LogP) is 2.65. The molecular weight excluding hydrogens is 148 g/mol. The zero-order valence-electron chi connectivity index (χ0n) is 7.79. The van der Waals surface area contributed by atoms with Crippen LogP contribution in [0.25, 0.3) is 0 Å². The van der Waals surface area contributed by atoms with Crippen molar-refractivity contribution in [2.75, 3.05) is 0 Å². The van der Waals surface area contributed by atoms with Crippen LogP contribution in [0.4, 0.5) is 0 Å². The van der Waals surface area contributed by atoms with Gasteiger partial charge in [-0.1, -0.05) is 44.2 Å². The molecule has 0 bridgehead atoms. The Morgan fingerprint density at radius 3 is 2.58 bits per heavy atom. The van der Waals surface area contributed by atoms with Crippen LogP contribution >= 0.6 is 0 Å². The smallest absolute Gasteiger partial charge is 0.159 e. The summed E-state index contributed by atoms with van der Waals surface area (Å²) in [5.74, 6) is 0.119. The van der Waals surface area contributed by atoms with Crippen LogP contribution in [-0.4, -0.2) is 5.78 Å². The van der Waals surface area contributed by atoms with Crippen molar-refractivity contribution in [3.63, 3.8) is 0 Å². The van der Waals surface area contributed by atoms with Gasteiger partial charge in [0.2, 0.25) is 0 Å². The molecule has 0 heterocycles. The van der Waals surface area contributed by atoms with Crippen molar-refractivity contribution in [3.05, 3.63) is 36.0 Å². The second kappa shape index (κ2) is 3.10. The fourth-order valence-electron chi connectivity index (χ4n) is 1.05. The molecule has 0 unspecified atom stereocenters. The molecule has 1 heteroatoms. The van der Waals surface area contributed by atoms with Crippen LogP contribution in [0.1, 0.15) is 20.8 Å². The Balaban J connectivity index is 2.94.